The summed E-state index contributed by atoms with van der Waals surface area (Å²) in [7, 11) is 0. The number of benzene rings is 2. The molecule has 1 saturated carbocycles. The van der Waals surface area contributed by atoms with Crippen LogP contribution in [0, 0.1) is 23.4 Å². The van der Waals surface area contributed by atoms with E-state index in [-0.39, 0.29) is 11.7 Å². The molecule has 8 heteroatoms. The molecule has 2 heterocycles. The van der Waals surface area contributed by atoms with E-state index in [1.54, 1.807) is 12.1 Å². The number of carbonyl (C=O) groups excluding carboxylic acids is 1. The minimum absolute atomic E-state index is 0.134. The van der Waals surface area contributed by atoms with E-state index in [0.717, 1.165) is 18.6 Å². The average Bonchev–Trinajstić information content (AvgIpc) is 3.13. The quantitative estimate of drug-likeness (QED) is 0.525. The number of fused-ring (bicyclic) bond motifs is 1. The molecule has 1 fully saturated rings. The van der Waals surface area contributed by atoms with Crippen molar-refractivity contribution in [2.45, 2.75) is 45.2 Å². The largest absolute Gasteiger partial charge is 0.340 e. The lowest BCUT2D eigenvalue weighted by Gasteiger charge is -2.30. The second kappa shape index (κ2) is 8.92. The van der Waals surface area contributed by atoms with Crippen molar-refractivity contribution in [1.82, 2.24) is 14.5 Å². The van der Waals surface area contributed by atoms with Crippen molar-refractivity contribution in [3.63, 3.8) is 0 Å². The maximum absolute atomic E-state index is 13.8. The zero-order chi connectivity index (χ0) is 22.9. The van der Waals surface area contributed by atoms with Crippen LogP contribution in [0.4, 0.5) is 24.7 Å². The molecule has 0 radical (unpaired) electrons. The number of hydrogen-bond acceptors (Lipinski definition) is 3. The van der Waals surface area contributed by atoms with Gasteiger partial charge in [0.25, 0.3) is 0 Å². The first-order valence-corrected chi connectivity index (χ1v) is 11.3. The van der Waals surface area contributed by atoms with Crippen molar-refractivity contribution in [2.75, 3.05) is 11.9 Å². The van der Waals surface area contributed by atoms with E-state index in [1.165, 1.54) is 37.5 Å². The number of carbonyl (C=O) groups is 1. The summed E-state index contributed by atoms with van der Waals surface area (Å²) in [6, 6.07) is 9.56. The summed E-state index contributed by atoms with van der Waals surface area (Å²) in [6.07, 6.45) is 5.19. The molecule has 2 aromatic carbocycles. The van der Waals surface area contributed by atoms with Crippen LogP contribution < -0.4 is 5.32 Å². The fraction of sp³-hybridized carbons (Fsp3) is 0.360. The van der Waals surface area contributed by atoms with E-state index >= 15 is 0 Å². The smallest absolute Gasteiger partial charge is 0.223 e. The fourth-order valence-corrected chi connectivity index (χ4v) is 4.46. The van der Waals surface area contributed by atoms with Gasteiger partial charge < -0.3 is 14.8 Å². The van der Waals surface area contributed by atoms with Gasteiger partial charge in [-0.05, 0) is 48.7 Å². The zero-order valence-corrected chi connectivity index (χ0v) is 18.2. The first-order valence-electron chi connectivity index (χ1n) is 11.3. The van der Waals surface area contributed by atoms with E-state index in [0.29, 0.717) is 60.6 Å². The van der Waals surface area contributed by atoms with Crippen LogP contribution in [-0.4, -0.2) is 26.9 Å². The molecule has 0 unspecified atom stereocenters. The molecule has 0 bridgehead atoms. The highest BCUT2D eigenvalue weighted by atomic mass is 19.2. The van der Waals surface area contributed by atoms with E-state index in [1.807, 2.05) is 9.47 Å². The minimum Gasteiger partial charge on any atom is -0.340 e. The number of halogens is 3. The number of anilines is 2. The molecule has 1 N–H and O–H groups in total. The molecule has 5 nitrogen and oxygen atoms in total. The minimum atomic E-state index is -0.954. The van der Waals surface area contributed by atoms with Gasteiger partial charge in [0.1, 0.15) is 23.2 Å². The molecular weight excluding hydrogens is 429 g/mol. The molecule has 0 saturated heterocycles. The van der Waals surface area contributed by atoms with Gasteiger partial charge in [-0.3, -0.25) is 4.79 Å². The summed E-state index contributed by atoms with van der Waals surface area (Å²) in [4.78, 5) is 19.4. The zero-order valence-electron chi connectivity index (χ0n) is 18.2. The van der Waals surface area contributed by atoms with Gasteiger partial charge in [0, 0.05) is 36.8 Å². The normalized spacial score (nSPS) is 15.8. The third kappa shape index (κ3) is 4.47. The number of imidazole rings is 1. The number of nitrogens with one attached hydrogen (secondary N) is 1. The molecule has 0 atom stereocenters. The molecular formula is C25H25F3N4O. The Kier molecular flexibility index (Phi) is 5.83. The third-order valence-electron chi connectivity index (χ3n) is 6.62. The maximum atomic E-state index is 13.8. The van der Waals surface area contributed by atoms with Crippen molar-refractivity contribution < 1.29 is 18.0 Å². The summed E-state index contributed by atoms with van der Waals surface area (Å²) in [5, 5.41) is 3.16. The van der Waals surface area contributed by atoms with Gasteiger partial charge in [0.15, 0.2) is 11.6 Å². The fourth-order valence-electron chi connectivity index (χ4n) is 4.46. The second-order valence-corrected chi connectivity index (χ2v) is 8.79. The monoisotopic (exact) mass is 454 g/mol. The molecule has 33 heavy (non-hydrogen) atoms. The predicted molar refractivity (Wildman–Crippen MR) is 119 cm³/mol. The van der Waals surface area contributed by atoms with Gasteiger partial charge in [-0.2, -0.15) is 0 Å². The van der Waals surface area contributed by atoms with Crippen molar-refractivity contribution in [2.24, 2.45) is 5.92 Å². The highest BCUT2D eigenvalue weighted by Gasteiger charge is 2.28. The molecule has 1 amide bonds. The van der Waals surface area contributed by atoms with E-state index in [9.17, 15) is 18.0 Å². The first-order chi connectivity index (χ1) is 16.0. The van der Waals surface area contributed by atoms with E-state index < -0.39 is 11.6 Å². The maximum Gasteiger partial charge on any atom is 0.223 e. The number of hydrogen-bond donors (Lipinski definition) is 1. The standard InChI is InChI=1S/C25H25F3N4O/c26-18-7-5-17(6-8-18)24-25(29-19-9-10-20(27)21(28)14-19)32-13-12-31(15-22(32)30-24)23(33)11-4-16-2-1-3-16/h5-10,14,16,29H,1-4,11-13,15H2. The first kappa shape index (κ1) is 21.6. The average molecular weight is 454 g/mol. The van der Waals surface area contributed by atoms with Crippen LogP contribution in [0.25, 0.3) is 11.3 Å². The Morgan fingerprint density at radius 2 is 1.82 bits per heavy atom. The lowest BCUT2D eigenvalue weighted by molar-refractivity contribution is -0.133. The van der Waals surface area contributed by atoms with Crippen molar-refractivity contribution in [3.05, 3.63) is 65.7 Å². The van der Waals surface area contributed by atoms with Crippen molar-refractivity contribution in [3.8, 4) is 11.3 Å². The second-order valence-electron chi connectivity index (χ2n) is 8.79. The van der Waals surface area contributed by atoms with Crippen LogP contribution in [0.2, 0.25) is 0 Å². The summed E-state index contributed by atoms with van der Waals surface area (Å²) >= 11 is 0. The number of amides is 1. The van der Waals surface area contributed by atoms with Gasteiger partial charge in [0.05, 0.1) is 6.54 Å². The highest BCUT2D eigenvalue weighted by molar-refractivity contribution is 5.78. The van der Waals surface area contributed by atoms with Crippen LogP contribution >= 0.6 is 0 Å². The Balaban J connectivity index is 1.43. The molecule has 5 rings (SSSR count). The lowest BCUT2D eigenvalue weighted by atomic mass is 9.82. The third-order valence-corrected chi connectivity index (χ3v) is 6.62. The molecule has 1 aromatic heterocycles. The highest BCUT2D eigenvalue weighted by Crippen LogP contribution is 2.34. The summed E-state index contributed by atoms with van der Waals surface area (Å²) in [6.45, 7) is 1.43. The molecule has 3 aromatic rings. The van der Waals surface area contributed by atoms with Gasteiger partial charge in [-0.1, -0.05) is 19.3 Å². The van der Waals surface area contributed by atoms with Gasteiger partial charge in [-0.25, -0.2) is 18.2 Å². The molecule has 2 aliphatic rings. The number of aromatic nitrogens is 2. The van der Waals surface area contributed by atoms with Crippen LogP contribution in [0.3, 0.4) is 0 Å². The van der Waals surface area contributed by atoms with E-state index in [2.05, 4.69) is 5.32 Å². The molecule has 0 spiro atoms. The Morgan fingerprint density at radius 1 is 1.03 bits per heavy atom. The Bertz CT molecular complexity index is 1170. The molecule has 1 aliphatic carbocycles. The van der Waals surface area contributed by atoms with Gasteiger partial charge in [0.2, 0.25) is 5.91 Å². The predicted octanol–water partition coefficient (Wildman–Crippen LogP) is 5.63. The summed E-state index contributed by atoms with van der Waals surface area (Å²) < 4.78 is 42.6. The molecule has 1 aliphatic heterocycles. The summed E-state index contributed by atoms with van der Waals surface area (Å²) in [5.41, 5.74) is 1.63. The van der Waals surface area contributed by atoms with Crippen LogP contribution in [-0.2, 0) is 17.9 Å². The van der Waals surface area contributed by atoms with Crippen molar-refractivity contribution in [1.29, 1.82) is 0 Å². The van der Waals surface area contributed by atoms with Crippen LogP contribution in [0.5, 0.6) is 0 Å². The van der Waals surface area contributed by atoms with Gasteiger partial charge in [-0.15, -0.1) is 0 Å². The van der Waals surface area contributed by atoms with Gasteiger partial charge >= 0.3 is 0 Å². The van der Waals surface area contributed by atoms with E-state index in [4.69, 9.17) is 4.98 Å². The topological polar surface area (TPSA) is 50.2 Å². The van der Waals surface area contributed by atoms with Crippen LogP contribution in [0.1, 0.15) is 37.9 Å². The number of nitrogens with zero attached hydrogens (tertiary/aromatic N) is 3. The summed E-state index contributed by atoms with van der Waals surface area (Å²) in [5.74, 6) is -0.129. The van der Waals surface area contributed by atoms with Crippen molar-refractivity contribution >= 4 is 17.4 Å². The van der Waals surface area contributed by atoms with Crippen LogP contribution in [0.15, 0.2) is 42.5 Å². The lowest BCUT2D eigenvalue weighted by Crippen LogP contribution is -2.38. The Labute approximate surface area is 190 Å². The number of rotatable bonds is 6. The molecule has 172 valence electrons. The Hall–Kier alpha value is -3.29. The SMILES string of the molecule is O=C(CCC1CCC1)N1CCn2c(nc(-c3ccc(F)cc3)c2Nc2ccc(F)c(F)c2)C1. The Morgan fingerprint density at radius 3 is 2.52 bits per heavy atom.